The molecule has 3 rings (SSSR count). The fraction of sp³-hybridized carbons (Fsp3) is 0.579. The predicted octanol–water partition coefficient (Wildman–Crippen LogP) is 2.35. The number of hydrogen-bond acceptors (Lipinski definition) is 3. The Labute approximate surface area is 155 Å². The van der Waals surface area contributed by atoms with E-state index in [9.17, 15) is 22.8 Å². The van der Waals surface area contributed by atoms with Gasteiger partial charge in [0.1, 0.15) is 0 Å². The fourth-order valence-corrected chi connectivity index (χ4v) is 3.85. The van der Waals surface area contributed by atoms with Crippen LogP contribution in [0.25, 0.3) is 6.08 Å². The van der Waals surface area contributed by atoms with Crippen molar-refractivity contribution in [3.8, 4) is 0 Å². The van der Waals surface area contributed by atoms with Crippen LogP contribution < -0.4 is 10.9 Å². The van der Waals surface area contributed by atoms with E-state index in [-0.39, 0.29) is 11.5 Å². The summed E-state index contributed by atoms with van der Waals surface area (Å²) in [6, 6.07) is 0. The summed E-state index contributed by atoms with van der Waals surface area (Å²) in [5.74, 6) is 0.100. The second-order valence-electron chi connectivity index (χ2n) is 7.34. The third-order valence-electron chi connectivity index (χ3n) is 5.32. The van der Waals surface area contributed by atoms with Crippen molar-refractivity contribution in [3.63, 3.8) is 0 Å². The van der Waals surface area contributed by atoms with Crippen LogP contribution in [0.4, 0.5) is 13.2 Å². The summed E-state index contributed by atoms with van der Waals surface area (Å²) in [5.41, 5.74) is 1.73. The van der Waals surface area contributed by atoms with E-state index < -0.39 is 12.7 Å². The zero-order valence-electron chi connectivity index (χ0n) is 15.3. The molecule has 0 spiro atoms. The van der Waals surface area contributed by atoms with Crippen LogP contribution in [0.15, 0.2) is 17.1 Å². The summed E-state index contributed by atoms with van der Waals surface area (Å²) in [5, 5.41) is 2.89. The molecule has 1 fully saturated rings. The van der Waals surface area contributed by atoms with Crippen LogP contribution in [-0.4, -0.2) is 47.7 Å². The molecule has 0 atom stereocenters. The monoisotopic (exact) mass is 383 g/mol. The van der Waals surface area contributed by atoms with Crippen LogP contribution >= 0.6 is 0 Å². The number of fused-ring (bicyclic) bond motifs is 1. The fourth-order valence-electron chi connectivity index (χ4n) is 3.85. The number of nitrogens with one attached hydrogen (secondary N) is 1. The zero-order valence-corrected chi connectivity index (χ0v) is 15.3. The highest BCUT2D eigenvalue weighted by atomic mass is 19.4. The Morgan fingerprint density at radius 1 is 1.30 bits per heavy atom. The lowest BCUT2D eigenvalue weighted by molar-refractivity contribution is -0.148. The molecular formula is C19H24F3N3O2. The molecular weight excluding hydrogens is 359 g/mol. The average Bonchev–Trinajstić information content (AvgIpc) is 3.08. The normalized spacial score (nSPS) is 17.9. The van der Waals surface area contributed by atoms with E-state index in [2.05, 4.69) is 5.32 Å². The highest BCUT2D eigenvalue weighted by molar-refractivity contribution is 5.98. The molecule has 0 bridgehead atoms. The Morgan fingerprint density at radius 3 is 2.67 bits per heavy atom. The SMILES string of the molecule is Cn1cc(C(=O)NCCC2CCN(CC(F)(F)F)CC2)c2c(c1=O)CC=C2. The molecule has 0 radical (unpaired) electrons. The van der Waals surface area contributed by atoms with Gasteiger partial charge in [-0.1, -0.05) is 12.2 Å². The molecule has 1 aromatic rings. The summed E-state index contributed by atoms with van der Waals surface area (Å²) < 4.78 is 38.7. The number of alkyl halides is 3. The molecule has 0 unspecified atom stereocenters. The quantitative estimate of drug-likeness (QED) is 0.849. The topological polar surface area (TPSA) is 54.3 Å². The maximum atomic E-state index is 12.5. The van der Waals surface area contributed by atoms with E-state index in [1.807, 2.05) is 12.2 Å². The average molecular weight is 383 g/mol. The standard InChI is InChI=1S/C19H24F3N3O2/c1-24-11-16(14-3-2-4-15(14)18(24)27)17(26)23-8-5-13-6-9-25(10-7-13)12-19(20,21)22/h2-3,11,13H,4-10,12H2,1H3,(H,23,26). The van der Waals surface area contributed by atoms with Gasteiger partial charge in [-0.3, -0.25) is 14.5 Å². The smallest absolute Gasteiger partial charge is 0.352 e. The first kappa shape index (κ1) is 19.7. The number of carbonyl (C=O) groups is 1. The maximum absolute atomic E-state index is 12.5. The third kappa shape index (κ3) is 4.80. The number of carbonyl (C=O) groups excluding carboxylic acids is 1. The van der Waals surface area contributed by atoms with Gasteiger partial charge >= 0.3 is 6.18 Å². The van der Waals surface area contributed by atoms with Crippen LogP contribution in [0.3, 0.4) is 0 Å². The van der Waals surface area contributed by atoms with Crippen molar-refractivity contribution in [2.24, 2.45) is 13.0 Å². The first-order valence-corrected chi connectivity index (χ1v) is 9.21. The number of pyridine rings is 1. The van der Waals surface area contributed by atoms with Crippen molar-refractivity contribution in [2.75, 3.05) is 26.2 Å². The number of aromatic nitrogens is 1. The van der Waals surface area contributed by atoms with Crippen molar-refractivity contribution in [1.29, 1.82) is 0 Å². The molecule has 148 valence electrons. The molecule has 2 aliphatic rings. The number of hydrogen-bond donors (Lipinski definition) is 1. The lowest BCUT2D eigenvalue weighted by Crippen LogP contribution is -2.40. The van der Waals surface area contributed by atoms with Crippen molar-refractivity contribution < 1.29 is 18.0 Å². The van der Waals surface area contributed by atoms with Crippen molar-refractivity contribution >= 4 is 12.0 Å². The number of aryl methyl sites for hydroxylation is 1. The number of amides is 1. The lowest BCUT2D eigenvalue weighted by atomic mass is 9.93. The van der Waals surface area contributed by atoms with Crippen LogP contribution in [0.2, 0.25) is 0 Å². The molecule has 1 aromatic heterocycles. The number of halogens is 3. The second kappa shape index (κ2) is 7.88. The van der Waals surface area contributed by atoms with Gasteiger partial charge in [0.05, 0.1) is 12.1 Å². The predicted molar refractivity (Wildman–Crippen MR) is 96.6 cm³/mol. The Bertz CT molecular complexity index is 791. The lowest BCUT2D eigenvalue weighted by Gasteiger charge is -2.32. The third-order valence-corrected chi connectivity index (χ3v) is 5.32. The van der Waals surface area contributed by atoms with Crippen LogP contribution in [0.1, 0.15) is 40.7 Å². The minimum Gasteiger partial charge on any atom is -0.352 e. The number of likely N-dealkylation sites (tertiary alicyclic amines) is 1. The Balaban J connectivity index is 1.49. The molecule has 1 amide bonds. The van der Waals surface area contributed by atoms with Crippen molar-refractivity contribution in [3.05, 3.63) is 39.3 Å². The van der Waals surface area contributed by atoms with E-state index >= 15 is 0 Å². The van der Waals surface area contributed by atoms with Gasteiger partial charge in [0, 0.05) is 25.4 Å². The molecule has 1 saturated heterocycles. The molecule has 2 heterocycles. The van der Waals surface area contributed by atoms with E-state index in [0.29, 0.717) is 61.5 Å². The summed E-state index contributed by atoms with van der Waals surface area (Å²) in [6.45, 7) is 0.514. The second-order valence-corrected chi connectivity index (χ2v) is 7.34. The Kier molecular flexibility index (Phi) is 5.74. The first-order valence-electron chi connectivity index (χ1n) is 9.21. The molecule has 0 aromatic carbocycles. The number of allylic oxidation sites excluding steroid dienone is 1. The zero-order chi connectivity index (χ0) is 19.6. The van der Waals surface area contributed by atoms with Gasteiger partial charge in [-0.15, -0.1) is 0 Å². The van der Waals surface area contributed by atoms with Crippen LogP contribution in [0, 0.1) is 5.92 Å². The van der Waals surface area contributed by atoms with E-state index in [1.54, 1.807) is 13.2 Å². The maximum Gasteiger partial charge on any atom is 0.401 e. The van der Waals surface area contributed by atoms with Gasteiger partial charge in [0.25, 0.3) is 11.5 Å². The molecule has 1 aliphatic heterocycles. The summed E-state index contributed by atoms with van der Waals surface area (Å²) >= 11 is 0. The van der Waals surface area contributed by atoms with Gasteiger partial charge in [0.2, 0.25) is 0 Å². The highest BCUT2D eigenvalue weighted by Gasteiger charge is 2.32. The first-order chi connectivity index (χ1) is 12.7. The highest BCUT2D eigenvalue weighted by Crippen LogP contribution is 2.24. The number of rotatable bonds is 5. The van der Waals surface area contributed by atoms with E-state index in [0.717, 1.165) is 6.42 Å². The molecule has 1 aliphatic carbocycles. The van der Waals surface area contributed by atoms with Gasteiger partial charge in [0.15, 0.2) is 0 Å². The number of piperidine rings is 1. The Hall–Kier alpha value is -2.09. The van der Waals surface area contributed by atoms with Crippen LogP contribution in [-0.2, 0) is 13.5 Å². The molecule has 0 saturated carbocycles. The Morgan fingerprint density at radius 2 is 2.00 bits per heavy atom. The van der Waals surface area contributed by atoms with Crippen molar-refractivity contribution in [1.82, 2.24) is 14.8 Å². The van der Waals surface area contributed by atoms with Gasteiger partial charge in [-0.2, -0.15) is 13.2 Å². The van der Waals surface area contributed by atoms with Gasteiger partial charge in [-0.25, -0.2) is 0 Å². The molecule has 1 N–H and O–H groups in total. The molecule has 27 heavy (non-hydrogen) atoms. The number of nitrogens with zero attached hydrogens (tertiary/aromatic N) is 2. The molecule has 5 nitrogen and oxygen atoms in total. The van der Waals surface area contributed by atoms with Gasteiger partial charge < -0.3 is 9.88 Å². The van der Waals surface area contributed by atoms with Crippen LogP contribution in [0.5, 0.6) is 0 Å². The van der Waals surface area contributed by atoms with Gasteiger partial charge in [-0.05, 0) is 50.3 Å². The summed E-state index contributed by atoms with van der Waals surface area (Å²) in [4.78, 5) is 26.1. The minimum atomic E-state index is -4.15. The largest absolute Gasteiger partial charge is 0.401 e. The molecule has 8 heteroatoms. The minimum absolute atomic E-state index is 0.0860. The van der Waals surface area contributed by atoms with E-state index in [4.69, 9.17) is 0 Å². The van der Waals surface area contributed by atoms with Crippen molar-refractivity contribution in [2.45, 2.75) is 31.9 Å². The summed E-state index contributed by atoms with van der Waals surface area (Å²) in [6.07, 6.45) is 3.80. The summed E-state index contributed by atoms with van der Waals surface area (Å²) in [7, 11) is 1.63. The van der Waals surface area contributed by atoms with E-state index in [1.165, 1.54) is 9.47 Å².